The predicted molar refractivity (Wildman–Crippen MR) is 91.0 cm³/mol. The Hall–Kier alpha value is -2.22. The molecule has 1 heterocycles. The van der Waals surface area contributed by atoms with Crippen molar-refractivity contribution >= 4 is 21.6 Å². The molecule has 0 saturated carbocycles. The molecular weight excluding hydrogens is 348 g/mol. The first-order valence-electron chi connectivity index (χ1n) is 7.18. The molecule has 0 saturated heterocycles. The van der Waals surface area contributed by atoms with Crippen molar-refractivity contribution in [3.05, 3.63) is 77.3 Å². The number of aromatic nitrogens is 3. The van der Waals surface area contributed by atoms with E-state index < -0.39 is 10.0 Å². The lowest BCUT2D eigenvalue weighted by atomic mass is 10.1. The van der Waals surface area contributed by atoms with E-state index in [9.17, 15) is 8.42 Å². The molecule has 0 radical (unpaired) electrons. The highest BCUT2D eigenvalue weighted by Crippen LogP contribution is 2.15. The van der Waals surface area contributed by atoms with Crippen molar-refractivity contribution in [2.24, 2.45) is 0 Å². The van der Waals surface area contributed by atoms with Crippen molar-refractivity contribution < 1.29 is 8.42 Å². The fourth-order valence-electron chi connectivity index (χ4n) is 2.16. The van der Waals surface area contributed by atoms with E-state index in [0.717, 1.165) is 11.1 Å². The van der Waals surface area contributed by atoms with Crippen molar-refractivity contribution in [2.75, 3.05) is 0 Å². The molecule has 0 spiro atoms. The van der Waals surface area contributed by atoms with Crippen LogP contribution in [0.3, 0.4) is 0 Å². The summed E-state index contributed by atoms with van der Waals surface area (Å²) in [5, 5.41) is 4.43. The van der Waals surface area contributed by atoms with Crippen molar-refractivity contribution in [3.63, 3.8) is 0 Å². The lowest BCUT2D eigenvalue weighted by Crippen LogP contribution is -2.23. The fraction of sp³-hybridized carbons (Fsp3) is 0.125. The molecule has 0 aliphatic carbocycles. The van der Waals surface area contributed by atoms with Gasteiger partial charge in [0.1, 0.15) is 12.7 Å². The molecule has 0 fully saturated rings. The number of nitrogens with one attached hydrogen (secondary N) is 1. The second-order valence-corrected chi connectivity index (χ2v) is 7.39. The van der Waals surface area contributed by atoms with Crippen LogP contribution in [0.15, 0.2) is 66.1 Å². The molecule has 0 bridgehead atoms. The van der Waals surface area contributed by atoms with Crippen LogP contribution in [-0.4, -0.2) is 23.2 Å². The van der Waals surface area contributed by atoms with Gasteiger partial charge in [-0.3, -0.25) is 0 Å². The number of halogens is 1. The molecular formula is C16H15ClN4O2S. The normalized spacial score (nSPS) is 11.5. The number of benzene rings is 2. The van der Waals surface area contributed by atoms with Gasteiger partial charge in [0, 0.05) is 11.6 Å². The summed E-state index contributed by atoms with van der Waals surface area (Å²) in [6.45, 7) is 0.826. The summed E-state index contributed by atoms with van der Waals surface area (Å²) in [6, 6.07) is 13.8. The second kappa shape index (κ2) is 7.12. The zero-order valence-corrected chi connectivity index (χ0v) is 14.2. The van der Waals surface area contributed by atoms with Crippen LogP contribution in [0.4, 0.5) is 0 Å². The lowest BCUT2D eigenvalue weighted by Gasteiger charge is -2.08. The Morgan fingerprint density at radius 3 is 2.50 bits per heavy atom. The molecule has 0 amide bonds. The topological polar surface area (TPSA) is 76.9 Å². The molecule has 1 N–H and O–H groups in total. The molecule has 6 nitrogen and oxygen atoms in total. The monoisotopic (exact) mass is 362 g/mol. The van der Waals surface area contributed by atoms with E-state index in [1.807, 2.05) is 24.3 Å². The third kappa shape index (κ3) is 4.19. The number of nitrogens with zero attached hydrogens (tertiary/aromatic N) is 3. The Morgan fingerprint density at radius 2 is 1.83 bits per heavy atom. The lowest BCUT2D eigenvalue weighted by molar-refractivity contribution is 0.581. The first-order chi connectivity index (χ1) is 11.5. The van der Waals surface area contributed by atoms with Crippen LogP contribution in [0.25, 0.3) is 0 Å². The van der Waals surface area contributed by atoms with Gasteiger partial charge in [0.05, 0.1) is 11.4 Å². The average Bonchev–Trinajstić information content (AvgIpc) is 3.07. The van der Waals surface area contributed by atoms with Crippen LogP contribution in [0.2, 0.25) is 5.02 Å². The summed E-state index contributed by atoms with van der Waals surface area (Å²) in [5.41, 5.74) is 1.92. The van der Waals surface area contributed by atoms with Crippen LogP contribution in [0.1, 0.15) is 11.1 Å². The molecule has 124 valence electrons. The maximum absolute atomic E-state index is 12.2. The van der Waals surface area contributed by atoms with Gasteiger partial charge in [-0.05, 0) is 29.3 Å². The van der Waals surface area contributed by atoms with Crippen molar-refractivity contribution in [3.8, 4) is 0 Å². The second-order valence-electron chi connectivity index (χ2n) is 5.19. The van der Waals surface area contributed by atoms with E-state index in [2.05, 4.69) is 14.8 Å². The van der Waals surface area contributed by atoms with Gasteiger partial charge < -0.3 is 0 Å². The Kier molecular flexibility index (Phi) is 4.94. The van der Waals surface area contributed by atoms with Crippen LogP contribution < -0.4 is 4.72 Å². The molecule has 0 aliphatic rings. The molecule has 0 aliphatic heterocycles. The van der Waals surface area contributed by atoms with Crippen molar-refractivity contribution in [1.82, 2.24) is 19.5 Å². The maximum Gasteiger partial charge on any atom is 0.240 e. The van der Waals surface area contributed by atoms with Gasteiger partial charge in [-0.2, -0.15) is 5.10 Å². The molecule has 3 aromatic rings. The summed E-state index contributed by atoms with van der Waals surface area (Å²) in [7, 11) is -3.59. The van der Waals surface area contributed by atoms with Gasteiger partial charge in [-0.15, -0.1) is 0 Å². The van der Waals surface area contributed by atoms with Gasteiger partial charge in [0.25, 0.3) is 0 Å². The highest BCUT2D eigenvalue weighted by atomic mass is 35.5. The molecule has 1 aromatic heterocycles. The van der Waals surface area contributed by atoms with Crippen LogP contribution >= 0.6 is 11.6 Å². The van der Waals surface area contributed by atoms with Gasteiger partial charge >= 0.3 is 0 Å². The average molecular weight is 363 g/mol. The Balaban J connectivity index is 1.64. The maximum atomic E-state index is 12.2. The summed E-state index contributed by atoms with van der Waals surface area (Å²) in [4.78, 5) is 4.04. The van der Waals surface area contributed by atoms with E-state index >= 15 is 0 Å². The van der Waals surface area contributed by atoms with Crippen LogP contribution in [0.5, 0.6) is 0 Å². The minimum atomic E-state index is -3.59. The minimum absolute atomic E-state index is 0.151. The SMILES string of the molecule is O=S(=O)(NCc1ccc(Cn2cncn2)cc1)c1cccc(Cl)c1. The first kappa shape index (κ1) is 16.6. The Morgan fingerprint density at radius 1 is 1.08 bits per heavy atom. The minimum Gasteiger partial charge on any atom is -0.249 e. The smallest absolute Gasteiger partial charge is 0.240 e. The first-order valence-corrected chi connectivity index (χ1v) is 9.04. The van der Waals surface area contributed by atoms with Gasteiger partial charge in [-0.25, -0.2) is 22.8 Å². The Labute approximate surface area is 145 Å². The standard InChI is InChI=1S/C16H15ClN4O2S/c17-15-2-1-3-16(8-15)24(22,23)20-9-13-4-6-14(7-5-13)10-21-12-18-11-19-21/h1-8,11-12,20H,9-10H2. The summed E-state index contributed by atoms with van der Waals surface area (Å²) in [5.74, 6) is 0. The molecule has 0 unspecified atom stereocenters. The third-order valence-corrected chi connectivity index (χ3v) is 5.04. The van der Waals surface area contributed by atoms with E-state index in [0.29, 0.717) is 11.6 Å². The molecule has 24 heavy (non-hydrogen) atoms. The van der Waals surface area contributed by atoms with Crippen molar-refractivity contribution in [2.45, 2.75) is 18.0 Å². The van der Waals surface area contributed by atoms with E-state index in [1.165, 1.54) is 18.5 Å². The van der Waals surface area contributed by atoms with E-state index in [1.54, 1.807) is 23.1 Å². The third-order valence-electron chi connectivity index (χ3n) is 3.41. The number of hydrogen-bond donors (Lipinski definition) is 1. The number of rotatable bonds is 6. The largest absolute Gasteiger partial charge is 0.249 e. The summed E-state index contributed by atoms with van der Waals surface area (Å²) < 4.78 is 28.8. The van der Waals surface area contributed by atoms with Gasteiger partial charge in [-0.1, -0.05) is 41.9 Å². The van der Waals surface area contributed by atoms with Crippen molar-refractivity contribution in [1.29, 1.82) is 0 Å². The zero-order valence-electron chi connectivity index (χ0n) is 12.6. The predicted octanol–water partition coefficient (Wildman–Crippen LogP) is 2.46. The molecule has 3 rings (SSSR count). The van der Waals surface area contributed by atoms with E-state index in [4.69, 9.17) is 11.6 Å². The van der Waals surface area contributed by atoms with Crippen LogP contribution in [0, 0.1) is 0 Å². The number of hydrogen-bond acceptors (Lipinski definition) is 4. The summed E-state index contributed by atoms with van der Waals surface area (Å²) >= 11 is 5.84. The van der Waals surface area contributed by atoms with Gasteiger partial charge in [0.2, 0.25) is 10.0 Å². The summed E-state index contributed by atoms with van der Waals surface area (Å²) in [6.07, 6.45) is 3.13. The van der Waals surface area contributed by atoms with Crippen LogP contribution in [-0.2, 0) is 23.1 Å². The van der Waals surface area contributed by atoms with E-state index in [-0.39, 0.29) is 11.4 Å². The highest BCUT2D eigenvalue weighted by molar-refractivity contribution is 7.89. The van der Waals surface area contributed by atoms with Gasteiger partial charge in [0.15, 0.2) is 0 Å². The quantitative estimate of drug-likeness (QED) is 0.730. The fourth-order valence-corrected chi connectivity index (χ4v) is 3.48. The Bertz CT molecular complexity index is 910. The highest BCUT2D eigenvalue weighted by Gasteiger charge is 2.13. The molecule has 0 atom stereocenters. The zero-order chi connectivity index (χ0) is 17.0. The molecule has 8 heteroatoms. The number of sulfonamides is 1. The molecule has 2 aromatic carbocycles.